The molecular weight excluding hydrogens is 302 g/mol. The van der Waals surface area contributed by atoms with Crippen molar-refractivity contribution in [2.24, 2.45) is 17.1 Å². The Kier molecular flexibility index (Phi) is 6.68. The topological polar surface area (TPSA) is 66.6 Å². The van der Waals surface area contributed by atoms with Gasteiger partial charge in [0.15, 0.2) is 0 Å². The van der Waals surface area contributed by atoms with E-state index in [9.17, 15) is 9.59 Å². The highest BCUT2D eigenvalue weighted by molar-refractivity contribution is 5.85. The number of piperidine rings is 2. The van der Waals surface area contributed by atoms with Crippen LogP contribution in [-0.2, 0) is 9.59 Å². The van der Waals surface area contributed by atoms with Gasteiger partial charge in [-0.3, -0.25) is 9.59 Å². The molecule has 0 radical (unpaired) electrons. The summed E-state index contributed by atoms with van der Waals surface area (Å²) in [5, 5.41) is 0. The zero-order valence-corrected chi connectivity index (χ0v) is 14.8. The van der Waals surface area contributed by atoms with Gasteiger partial charge in [0.25, 0.3) is 0 Å². The third kappa shape index (κ3) is 4.13. The van der Waals surface area contributed by atoms with E-state index in [-0.39, 0.29) is 41.6 Å². The average Bonchev–Trinajstić information content (AvgIpc) is 2.48. The van der Waals surface area contributed by atoms with Crippen molar-refractivity contribution in [2.75, 3.05) is 26.2 Å². The van der Waals surface area contributed by atoms with Crippen LogP contribution in [0.3, 0.4) is 0 Å². The number of likely N-dealkylation sites (tertiary alicyclic amines) is 2. The summed E-state index contributed by atoms with van der Waals surface area (Å²) < 4.78 is 0. The maximum absolute atomic E-state index is 12.8. The van der Waals surface area contributed by atoms with Crippen LogP contribution in [0.5, 0.6) is 0 Å². The number of hydrogen-bond donors (Lipinski definition) is 1. The second kappa shape index (κ2) is 7.64. The summed E-state index contributed by atoms with van der Waals surface area (Å²) >= 11 is 0. The van der Waals surface area contributed by atoms with Crippen molar-refractivity contribution in [3.8, 4) is 0 Å². The van der Waals surface area contributed by atoms with Gasteiger partial charge in [-0.2, -0.15) is 0 Å². The van der Waals surface area contributed by atoms with E-state index in [0.29, 0.717) is 13.0 Å². The van der Waals surface area contributed by atoms with Crippen LogP contribution in [0.2, 0.25) is 0 Å². The zero-order chi connectivity index (χ0) is 15.6. The lowest BCUT2D eigenvalue weighted by atomic mass is 9.79. The predicted molar refractivity (Wildman–Crippen MR) is 89.8 cm³/mol. The van der Waals surface area contributed by atoms with Gasteiger partial charge in [-0.1, -0.05) is 20.8 Å². The summed E-state index contributed by atoms with van der Waals surface area (Å²) in [7, 11) is 0. The SMILES string of the molecule is CCC(=O)N1CCCC(C(=O)N2CCC(N)C(C)(C)C2)C1.Cl. The first-order chi connectivity index (χ1) is 9.85. The number of rotatable bonds is 2. The second-order valence-corrected chi connectivity index (χ2v) is 7.18. The molecule has 2 atom stereocenters. The third-order valence-corrected chi connectivity index (χ3v) is 5.05. The molecule has 0 saturated carbocycles. The molecule has 6 heteroatoms. The Morgan fingerprint density at radius 2 is 1.86 bits per heavy atom. The zero-order valence-electron chi connectivity index (χ0n) is 14.0. The van der Waals surface area contributed by atoms with Crippen molar-refractivity contribution in [1.29, 1.82) is 0 Å². The normalized spacial score (nSPS) is 28.0. The first-order valence-electron chi connectivity index (χ1n) is 8.17. The molecule has 22 heavy (non-hydrogen) atoms. The van der Waals surface area contributed by atoms with E-state index in [4.69, 9.17) is 5.73 Å². The van der Waals surface area contributed by atoms with Crippen molar-refractivity contribution >= 4 is 24.2 Å². The molecule has 2 aliphatic heterocycles. The van der Waals surface area contributed by atoms with Gasteiger partial charge in [0.1, 0.15) is 0 Å². The lowest BCUT2D eigenvalue weighted by Crippen LogP contribution is -2.56. The number of nitrogens with zero attached hydrogens (tertiary/aromatic N) is 2. The standard InChI is InChI=1S/C16H29N3O2.ClH/c1-4-14(20)18-8-5-6-12(10-18)15(21)19-9-7-13(17)16(2,3)11-19;/h12-13H,4-11,17H2,1-3H3;1H. The number of halogens is 1. The maximum atomic E-state index is 12.8. The van der Waals surface area contributed by atoms with Crippen LogP contribution in [-0.4, -0.2) is 53.8 Å². The summed E-state index contributed by atoms with van der Waals surface area (Å²) in [6.07, 6.45) is 3.21. The highest BCUT2D eigenvalue weighted by Crippen LogP contribution is 2.30. The van der Waals surface area contributed by atoms with E-state index >= 15 is 0 Å². The Morgan fingerprint density at radius 3 is 2.45 bits per heavy atom. The molecule has 0 aromatic rings. The van der Waals surface area contributed by atoms with Gasteiger partial charge in [0.2, 0.25) is 11.8 Å². The van der Waals surface area contributed by atoms with E-state index in [2.05, 4.69) is 13.8 Å². The quantitative estimate of drug-likeness (QED) is 0.836. The molecule has 0 bridgehead atoms. The second-order valence-electron chi connectivity index (χ2n) is 7.18. The number of carbonyl (C=O) groups excluding carboxylic acids is 2. The molecule has 2 amide bonds. The molecule has 5 nitrogen and oxygen atoms in total. The molecule has 2 unspecified atom stereocenters. The minimum absolute atomic E-state index is 0. The van der Waals surface area contributed by atoms with Gasteiger partial charge >= 0.3 is 0 Å². The lowest BCUT2D eigenvalue weighted by Gasteiger charge is -2.44. The van der Waals surface area contributed by atoms with Gasteiger partial charge in [-0.05, 0) is 24.7 Å². The van der Waals surface area contributed by atoms with Gasteiger partial charge in [-0.15, -0.1) is 12.4 Å². The van der Waals surface area contributed by atoms with Crippen LogP contribution >= 0.6 is 12.4 Å². The Labute approximate surface area is 140 Å². The van der Waals surface area contributed by atoms with E-state index in [1.165, 1.54) is 0 Å². The molecule has 0 aromatic carbocycles. The largest absolute Gasteiger partial charge is 0.342 e. The van der Waals surface area contributed by atoms with E-state index in [0.717, 1.165) is 38.9 Å². The summed E-state index contributed by atoms with van der Waals surface area (Å²) in [6, 6.07) is 0.158. The minimum Gasteiger partial charge on any atom is -0.342 e. The number of nitrogens with two attached hydrogens (primary N) is 1. The van der Waals surface area contributed by atoms with Crippen molar-refractivity contribution in [2.45, 2.75) is 52.5 Å². The lowest BCUT2D eigenvalue weighted by molar-refractivity contribution is -0.143. The summed E-state index contributed by atoms with van der Waals surface area (Å²) in [5.41, 5.74) is 6.12. The van der Waals surface area contributed by atoms with Crippen LogP contribution in [0.1, 0.15) is 46.5 Å². The van der Waals surface area contributed by atoms with Crippen LogP contribution in [0.15, 0.2) is 0 Å². The Hall–Kier alpha value is -0.810. The molecule has 2 fully saturated rings. The van der Waals surface area contributed by atoms with Crippen LogP contribution in [0.4, 0.5) is 0 Å². The van der Waals surface area contributed by atoms with Gasteiger partial charge in [0, 0.05) is 38.6 Å². The van der Waals surface area contributed by atoms with E-state index in [1.54, 1.807) is 0 Å². The molecule has 2 rings (SSSR count). The Balaban J connectivity index is 0.00000242. The van der Waals surface area contributed by atoms with E-state index < -0.39 is 0 Å². The smallest absolute Gasteiger partial charge is 0.227 e. The van der Waals surface area contributed by atoms with E-state index in [1.807, 2.05) is 16.7 Å². The van der Waals surface area contributed by atoms with Crippen molar-refractivity contribution < 1.29 is 9.59 Å². The first kappa shape index (κ1) is 19.2. The number of amides is 2. The highest BCUT2D eigenvalue weighted by atomic mass is 35.5. The molecule has 128 valence electrons. The molecule has 0 spiro atoms. The van der Waals surface area contributed by atoms with Crippen molar-refractivity contribution in [3.63, 3.8) is 0 Å². The van der Waals surface area contributed by atoms with Crippen molar-refractivity contribution in [1.82, 2.24) is 9.80 Å². The van der Waals surface area contributed by atoms with Gasteiger partial charge in [-0.25, -0.2) is 0 Å². The van der Waals surface area contributed by atoms with Gasteiger partial charge < -0.3 is 15.5 Å². The fourth-order valence-electron chi connectivity index (χ4n) is 3.45. The maximum Gasteiger partial charge on any atom is 0.227 e. The molecular formula is C16H30ClN3O2. The highest BCUT2D eigenvalue weighted by Gasteiger charge is 2.38. The summed E-state index contributed by atoms with van der Waals surface area (Å²) in [5.74, 6) is 0.344. The number of carbonyl (C=O) groups is 2. The van der Waals surface area contributed by atoms with Crippen LogP contribution in [0.25, 0.3) is 0 Å². The average molecular weight is 332 g/mol. The molecule has 2 saturated heterocycles. The Morgan fingerprint density at radius 1 is 1.18 bits per heavy atom. The molecule has 0 aliphatic carbocycles. The minimum atomic E-state index is -0.0284. The molecule has 2 aliphatic rings. The first-order valence-corrected chi connectivity index (χ1v) is 8.17. The fraction of sp³-hybridized carbons (Fsp3) is 0.875. The summed E-state index contributed by atoms with van der Waals surface area (Å²) in [6.45, 7) is 9.01. The number of hydrogen-bond acceptors (Lipinski definition) is 3. The Bertz CT molecular complexity index is 414. The van der Waals surface area contributed by atoms with Crippen LogP contribution < -0.4 is 5.73 Å². The third-order valence-electron chi connectivity index (χ3n) is 5.05. The molecule has 2 heterocycles. The molecule has 0 aromatic heterocycles. The summed E-state index contributed by atoms with van der Waals surface area (Å²) in [4.78, 5) is 28.4. The van der Waals surface area contributed by atoms with Crippen LogP contribution in [0, 0.1) is 11.3 Å². The predicted octanol–water partition coefficient (Wildman–Crippen LogP) is 1.64. The van der Waals surface area contributed by atoms with Gasteiger partial charge in [0.05, 0.1) is 5.92 Å². The fourth-order valence-corrected chi connectivity index (χ4v) is 3.45. The monoisotopic (exact) mass is 331 g/mol. The molecule has 2 N–H and O–H groups in total. The van der Waals surface area contributed by atoms with Crippen molar-refractivity contribution in [3.05, 3.63) is 0 Å².